The van der Waals surface area contributed by atoms with Gasteiger partial charge in [0.25, 0.3) is 0 Å². The van der Waals surface area contributed by atoms with Gasteiger partial charge in [-0.3, -0.25) is 0 Å². The number of hydrogen-bond acceptors (Lipinski definition) is 12. The average Bonchev–Trinajstić information content (AvgIpc) is 3.06. The monoisotopic (exact) mass is 1090 g/mol. The van der Waals surface area contributed by atoms with E-state index in [1.165, 1.54) is 41.6 Å². The molecule has 12 heteroatoms. The van der Waals surface area contributed by atoms with E-state index in [2.05, 4.69) is 178 Å². The molecule has 0 fully saturated rings. The summed E-state index contributed by atoms with van der Waals surface area (Å²) in [5.41, 5.74) is 0. The van der Waals surface area contributed by atoms with Crippen molar-refractivity contribution in [2.24, 2.45) is 41.4 Å². The standard InChI is InChI=1S/C8H18S2.2C7H16S2.2C6H14S2.C5H12S2.C5H12.5CH4/c1-7(2)6-9-10-8(3,4)5;1-6(2)5-8-9-7(3)4;1-5-7(6(2)3)9-8-4;1-5(2)6(3)8-7-4;1-4-7-8-5-6(2)3;1-5(2)4-7-6-3;1-4-5(2)3;;;;;/h7H,6H2,1-5H3;2*6-7H,5H2,1-4H3;5-6H,1-4H3;6H,4-5H2,1-3H3;5H,4H2,1-3H3;5H,4H2,1-3H3;5*1H4/t;;7-;6-;;;;;;;;/m..00......../s1. The molecule has 0 nitrogen and oxygen atoms in total. The third-order valence-corrected chi connectivity index (χ3v) is 23.0. The highest BCUT2D eigenvalue weighted by Gasteiger charge is 2.11. The SMILES string of the molecule is C.C.C.C.C.CC(C)CSSC(C)(C)C.CC(C)CSSC(C)C.CCC(C)C.CCSSCC(C)C.CC[C@H](SSC)C(C)C.CSSCC(C)C.CSS[C@@H](C)C(C)C. The highest BCUT2D eigenvalue weighted by Crippen LogP contribution is 2.36. The summed E-state index contributed by atoms with van der Waals surface area (Å²) in [4.78, 5) is 0. The van der Waals surface area contributed by atoms with Crippen LogP contribution in [0, 0.1) is 41.4 Å². The molecule has 0 spiro atoms. The maximum Gasteiger partial charge on any atom is 0.0179 e. The molecule has 2 atom stereocenters. The third-order valence-electron chi connectivity index (χ3n) is 5.86. The first-order chi connectivity index (χ1) is 25.8. The lowest BCUT2D eigenvalue weighted by Gasteiger charge is -2.16. The van der Waals surface area contributed by atoms with Crippen LogP contribution < -0.4 is 0 Å². The van der Waals surface area contributed by atoms with Crippen LogP contribution in [0.15, 0.2) is 0 Å². The molecule has 0 aromatic heterocycles. The maximum absolute atomic E-state index is 2.29. The van der Waals surface area contributed by atoms with Crippen LogP contribution in [0.2, 0.25) is 0 Å². The van der Waals surface area contributed by atoms with E-state index in [0.717, 1.165) is 57.2 Å². The highest BCUT2D eigenvalue weighted by atomic mass is 33.1. The van der Waals surface area contributed by atoms with Gasteiger partial charge in [0, 0.05) is 49.3 Å². The molecular weight excluding hydrogens is 973 g/mol. The van der Waals surface area contributed by atoms with Crippen molar-refractivity contribution in [3.05, 3.63) is 0 Å². The van der Waals surface area contributed by atoms with Gasteiger partial charge in [0.05, 0.1) is 0 Å². The van der Waals surface area contributed by atoms with Crippen molar-refractivity contribution in [2.45, 2.75) is 230 Å². The Morgan fingerprint density at radius 3 is 0.934 bits per heavy atom. The van der Waals surface area contributed by atoms with Crippen molar-refractivity contribution < 1.29 is 0 Å². The van der Waals surface area contributed by atoms with Gasteiger partial charge in [-0.2, -0.15) is 0 Å². The van der Waals surface area contributed by atoms with Gasteiger partial charge in [-0.05, 0) is 66.6 Å². The van der Waals surface area contributed by atoms with Gasteiger partial charge in [-0.25, -0.2) is 0 Å². The molecule has 0 amide bonds. The first kappa shape index (κ1) is 94.9. The van der Waals surface area contributed by atoms with E-state index in [1.807, 2.05) is 130 Å². The minimum absolute atomic E-state index is 0. The van der Waals surface area contributed by atoms with Crippen molar-refractivity contribution in [2.75, 3.05) is 47.5 Å². The van der Waals surface area contributed by atoms with Gasteiger partial charge in [0.15, 0.2) is 0 Å². The summed E-state index contributed by atoms with van der Waals surface area (Å²) in [6, 6.07) is 0. The number of rotatable bonds is 22. The molecule has 0 heterocycles. The van der Waals surface area contributed by atoms with Crippen LogP contribution in [0.5, 0.6) is 0 Å². The Bertz CT molecular complexity index is 646. The Balaban J connectivity index is -0.0000000456. The fourth-order valence-corrected chi connectivity index (χ4v) is 15.7. The smallest absolute Gasteiger partial charge is 0.0179 e. The van der Waals surface area contributed by atoms with Gasteiger partial charge in [-0.1, -0.05) is 332 Å². The first-order valence-corrected chi connectivity index (χ1v) is 36.3. The molecule has 0 aromatic carbocycles. The molecule has 0 rings (SSSR count). The van der Waals surface area contributed by atoms with E-state index in [9.17, 15) is 0 Å². The minimum Gasteiger partial charge on any atom is -0.0976 e. The van der Waals surface area contributed by atoms with E-state index in [0.29, 0.717) is 4.75 Å². The Kier molecular flexibility index (Phi) is 114. The second-order valence-corrected chi connectivity index (χ2v) is 34.2. The van der Waals surface area contributed by atoms with Crippen molar-refractivity contribution in [3.8, 4) is 0 Å². The van der Waals surface area contributed by atoms with Gasteiger partial charge in [0.2, 0.25) is 0 Å². The van der Waals surface area contributed by atoms with Crippen LogP contribution in [-0.4, -0.2) is 68.0 Å². The molecule has 0 N–H and O–H groups in total. The summed E-state index contributed by atoms with van der Waals surface area (Å²) in [6.07, 6.45) is 9.00. The van der Waals surface area contributed by atoms with Crippen molar-refractivity contribution in [1.82, 2.24) is 0 Å². The molecule has 0 unspecified atom stereocenters. The average molecular weight is 1100 g/mol. The predicted molar refractivity (Wildman–Crippen MR) is 345 cm³/mol. The van der Waals surface area contributed by atoms with E-state index < -0.39 is 0 Å². The summed E-state index contributed by atoms with van der Waals surface area (Å²) >= 11 is 0. The van der Waals surface area contributed by atoms with Crippen LogP contribution in [0.4, 0.5) is 0 Å². The fraction of sp³-hybridized carbons (Fsp3) is 1.00. The van der Waals surface area contributed by atoms with Gasteiger partial charge in [0.1, 0.15) is 0 Å². The second-order valence-electron chi connectivity index (χ2n) is 17.1. The van der Waals surface area contributed by atoms with Crippen molar-refractivity contribution in [3.63, 3.8) is 0 Å². The summed E-state index contributed by atoms with van der Waals surface area (Å²) in [5, 5.41) is 2.42. The zero-order valence-electron chi connectivity index (χ0n) is 42.1. The minimum atomic E-state index is 0. The highest BCUT2D eigenvalue weighted by molar-refractivity contribution is 8.78. The third kappa shape index (κ3) is 127. The van der Waals surface area contributed by atoms with Gasteiger partial charge in [-0.15, -0.1) is 0 Å². The van der Waals surface area contributed by atoms with E-state index in [4.69, 9.17) is 0 Å². The Hall–Kier alpha value is 4.20. The molecule has 0 saturated carbocycles. The summed E-state index contributed by atoms with van der Waals surface area (Å²) in [7, 11) is 23.3. The van der Waals surface area contributed by atoms with E-state index >= 15 is 0 Å². The lowest BCUT2D eigenvalue weighted by Crippen LogP contribution is -2.07. The van der Waals surface area contributed by atoms with Crippen LogP contribution in [0.25, 0.3) is 0 Å². The van der Waals surface area contributed by atoms with Crippen LogP contribution in [0.3, 0.4) is 0 Å². The quantitative estimate of drug-likeness (QED) is 0.0749. The molecule has 0 aliphatic heterocycles. The summed E-state index contributed by atoms with van der Waals surface area (Å²) < 4.78 is 0.416. The molecule has 0 aliphatic rings. The van der Waals surface area contributed by atoms with E-state index in [1.54, 1.807) is 0 Å². The number of hydrogen-bond donors (Lipinski definition) is 0. The zero-order valence-corrected chi connectivity index (χ0v) is 51.9. The summed E-state index contributed by atoms with van der Waals surface area (Å²) in [5.74, 6) is 12.2. The van der Waals surface area contributed by atoms with Crippen LogP contribution in [-0.2, 0) is 0 Å². The topological polar surface area (TPSA) is 0 Å². The molecule has 0 aliphatic carbocycles. The normalized spacial score (nSPS) is 11.1. The second kappa shape index (κ2) is 73.2. The van der Waals surface area contributed by atoms with E-state index in [-0.39, 0.29) is 37.1 Å². The lowest BCUT2D eigenvalue weighted by molar-refractivity contribution is 0.596. The molecule has 0 aromatic rings. The molecule has 0 bridgehead atoms. The van der Waals surface area contributed by atoms with Crippen LogP contribution >= 0.6 is 130 Å². The van der Waals surface area contributed by atoms with Crippen molar-refractivity contribution >= 4 is 130 Å². The summed E-state index contributed by atoms with van der Waals surface area (Å²) in [6.45, 7) is 51.7. The van der Waals surface area contributed by atoms with Gasteiger partial charge < -0.3 is 0 Å². The molecule has 0 saturated heterocycles. The lowest BCUT2D eigenvalue weighted by atomic mass is 10.1. The molecular formula is C49H122S12. The molecule has 0 radical (unpaired) electrons. The first-order valence-electron chi connectivity index (χ1n) is 21.1. The fourth-order valence-electron chi connectivity index (χ4n) is 2.17. The molecule has 61 heavy (non-hydrogen) atoms. The maximum atomic E-state index is 2.29. The largest absolute Gasteiger partial charge is 0.0976 e. The molecule has 390 valence electrons. The Labute approximate surface area is 443 Å². The Morgan fingerprint density at radius 2 is 0.738 bits per heavy atom. The van der Waals surface area contributed by atoms with Crippen LogP contribution in [0.1, 0.15) is 209 Å². The predicted octanol–water partition coefficient (Wildman–Crippen LogP) is 24.7. The Morgan fingerprint density at radius 1 is 0.377 bits per heavy atom. The zero-order chi connectivity index (χ0) is 45.7. The van der Waals surface area contributed by atoms with Gasteiger partial charge >= 0.3 is 0 Å². The van der Waals surface area contributed by atoms with Crippen molar-refractivity contribution in [1.29, 1.82) is 0 Å².